The summed E-state index contributed by atoms with van der Waals surface area (Å²) in [5, 5.41) is 3.74. The zero-order valence-corrected chi connectivity index (χ0v) is 10.0. The van der Waals surface area contributed by atoms with Crippen molar-refractivity contribution in [1.82, 2.24) is 5.32 Å². The molecule has 1 N–H and O–H groups in total. The molecule has 2 heteroatoms. The number of rotatable bonds is 4. The average molecular weight is 211 g/mol. The quantitative estimate of drug-likeness (QED) is 0.772. The van der Waals surface area contributed by atoms with Gasteiger partial charge in [-0.15, -0.1) is 0 Å². The molecule has 0 amide bonds. The predicted octanol–water partition coefficient (Wildman–Crippen LogP) is 2.72. The Morgan fingerprint density at radius 2 is 1.67 bits per heavy atom. The summed E-state index contributed by atoms with van der Waals surface area (Å²) in [5.74, 6) is 0.914. The van der Waals surface area contributed by atoms with Gasteiger partial charge in [-0.3, -0.25) is 0 Å². The Bertz CT molecular complexity index is 169. The first-order valence-electron chi connectivity index (χ1n) is 6.64. The van der Waals surface area contributed by atoms with Crippen LogP contribution in [0.25, 0.3) is 0 Å². The molecule has 0 heterocycles. The van der Waals surface area contributed by atoms with Crippen LogP contribution in [0.15, 0.2) is 0 Å². The van der Waals surface area contributed by atoms with Crippen LogP contribution in [-0.2, 0) is 4.74 Å². The Hall–Kier alpha value is -0.0800. The molecule has 0 aromatic carbocycles. The molecule has 2 rings (SSSR count). The fourth-order valence-corrected chi connectivity index (χ4v) is 3.03. The molecule has 2 saturated carbocycles. The first-order chi connectivity index (χ1) is 7.38. The van der Waals surface area contributed by atoms with Crippen molar-refractivity contribution < 1.29 is 4.74 Å². The van der Waals surface area contributed by atoms with Crippen LogP contribution in [0.5, 0.6) is 0 Å². The summed E-state index contributed by atoms with van der Waals surface area (Å²) in [6.45, 7) is 1.25. The highest BCUT2D eigenvalue weighted by Crippen LogP contribution is 2.26. The molecule has 0 radical (unpaired) electrons. The fourth-order valence-electron chi connectivity index (χ4n) is 3.03. The van der Waals surface area contributed by atoms with Gasteiger partial charge in [0.05, 0.1) is 6.10 Å². The van der Waals surface area contributed by atoms with Gasteiger partial charge in [0.2, 0.25) is 0 Å². The lowest BCUT2D eigenvalue weighted by Gasteiger charge is -2.28. The van der Waals surface area contributed by atoms with E-state index in [-0.39, 0.29) is 0 Å². The van der Waals surface area contributed by atoms with Crippen LogP contribution < -0.4 is 5.32 Å². The van der Waals surface area contributed by atoms with Crippen molar-refractivity contribution in [2.24, 2.45) is 5.92 Å². The van der Waals surface area contributed by atoms with Crippen LogP contribution in [-0.4, -0.2) is 25.8 Å². The summed E-state index contributed by atoms with van der Waals surface area (Å²) in [4.78, 5) is 0. The minimum atomic E-state index is 0.549. The zero-order chi connectivity index (χ0) is 10.5. The van der Waals surface area contributed by atoms with Gasteiger partial charge < -0.3 is 10.1 Å². The maximum absolute atomic E-state index is 5.40. The van der Waals surface area contributed by atoms with Crippen molar-refractivity contribution in [3.05, 3.63) is 0 Å². The van der Waals surface area contributed by atoms with Crippen molar-refractivity contribution in [2.75, 3.05) is 13.7 Å². The molecule has 0 bridgehead atoms. The van der Waals surface area contributed by atoms with Crippen LogP contribution >= 0.6 is 0 Å². The van der Waals surface area contributed by atoms with Crippen LogP contribution in [0, 0.1) is 5.92 Å². The summed E-state index contributed by atoms with van der Waals surface area (Å²) in [6.07, 6.45) is 11.5. The van der Waals surface area contributed by atoms with Gasteiger partial charge in [0.15, 0.2) is 0 Å². The third kappa shape index (κ3) is 3.46. The van der Waals surface area contributed by atoms with E-state index in [1.54, 1.807) is 0 Å². The van der Waals surface area contributed by atoms with Gasteiger partial charge in [-0.05, 0) is 51.0 Å². The van der Waals surface area contributed by atoms with Gasteiger partial charge in [-0.1, -0.05) is 12.8 Å². The first kappa shape index (κ1) is 11.4. The maximum atomic E-state index is 5.40. The molecule has 0 aromatic heterocycles. The largest absolute Gasteiger partial charge is 0.381 e. The molecule has 2 aliphatic rings. The van der Waals surface area contributed by atoms with E-state index in [1.807, 2.05) is 7.11 Å². The van der Waals surface area contributed by atoms with Crippen molar-refractivity contribution in [1.29, 1.82) is 0 Å². The molecular weight excluding hydrogens is 186 g/mol. The van der Waals surface area contributed by atoms with E-state index in [4.69, 9.17) is 4.74 Å². The third-order valence-corrected chi connectivity index (χ3v) is 4.18. The Balaban J connectivity index is 1.59. The van der Waals surface area contributed by atoms with Crippen molar-refractivity contribution in [2.45, 2.75) is 63.5 Å². The average Bonchev–Trinajstić information content (AvgIpc) is 2.80. The third-order valence-electron chi connectivity index (χ3n) is 4.18. The summed E-state index contributed by atoms with van der Waals surface area (Å²) < 4.78 is 5.40. The molecule has 2 fully saturated rings. The normalized spacial score (nSPS) is 33.4. The van der Waals surface area contributed by atoms with Crippen LogP contribution in [0.2, 0.25) is 0 Å². The van der Waals surface area contributed by atoms with Gasteiger partial charge in [-0.2, -0.15) is 0 Å². The van der Waals surface area contributed by atoms with Gasteiger partial charge in [-0.25, -0.2) is 0 Å². The van der Waals surface area contributed by atoms with Crippen molar-refractivity contribution in [3.63, 3.8) is 0 Å². The Kier molecular flexibility index (Phi) is 4.45. The maximum Gasteiger partial charge on any atom is 0.0571 e. The minimum Gasteiger partial charge on any atom is -0.381 e. The van der Waals surface area contributed by atoms with E-state index in [1.165, 1.54) is 57.9 Å². The number of ether oxygens (including phenoxy) is 1. The molecule has 0 atom stereocenters. The summed E-state index contributed by atoms with van der Waals surface area (Å²) in [7, 11) is 1.85. The van der Waals surface area contributed by atoms with Crippen LogP contribution in [0.4, 0.5) is 0 Å². The molecule has 15 heavy (non-hydrogen) atoms. The highest BCUT2D eigenvalue weighted by Gasteiger charge is 2.22. The lowest BCUT2D eigenvalue weighted by molar-refractivity contribution is 0.0564. The van der Waals surface area contributed by atoms with Gasteiger partial charge in [0.1, 0.15) is 0 Å². The Morgan fingerprint density at radius 1 is 1.00 bits per heavy atom. The van der Waals surface area contributed by atoms with E-state index >= 15 is 0 Å². The SMILES string of the molecule is COC1CCC(CNC2CCCC2)CC1. The smallest absolute Gasteiger partial charge is 0.0571 e. The molecule has 2 aliphatic carbocycles. The predicted molar refractivity (Wildman–Crippen MR) is 63.0 cm³/mol. The van der Waals surface area contributed by atoms with Crippen molar-refractivity contribution in [3.8, 4) is 0 Å². The summed E-state index contributed by atoms with van der Waals surface area (Å²) in [6, 6.07) is 0.838. The molecule has 0 aliphatic heterocycles. The van der Waals surface area contributed by atoms with E-state index < -0.39 is 0 Å². The zero-order valence-electron chi connectivity index (χ0n) is 10.0. The summed E-state index contributed by atoms with van der Waals surface area (Å²) >= 11 is 0. The molecule has 0 saturated heterocycles. The minimum absolute atomic E-state index is 0.549. The van der Waals surface area contributed by atoms with Crippen LogP contribution in [0.3, 0.4) is 0 Å². The molecular formula is C13H25NO. The second kappa shape index (κ2) is 5.86. The molecule has 0 unspecified atom stereocenters. The highest BCUT2D eigenvalue weighted by molar-refractivity contribution is 4.78. The number of hydrogen-bond donors (Lipinski definition) is 1. The first-order valence-corrected chi connectivity index (χ1v) is 6.64. The van der Waals surface area contributed by atoms with E-state index in [9.17, 15) is 0 Å². The van der Waals surface area contributed by atoms with Gasteiger partial charge >= 0.3 is 0 Å². The fraction of sp³-hybridized carbons (Fsp3) is 1.00. The number of hydrogen-bond acceptors (Lipinski definition) is 2. The standard InChI is InChI=1S/C13H25NO/c1-15-13-8-6-11(7-9-13)10-14-12-4-2-3-5-12/h11-14H,2-10H2,1H3. The Morgan fingerprint density at radius 3 is 2.27 bits per heavy atom. The van der Waals surface area contributed by atoms with Gasteiger partial charge in [0.25, 0.3) is 0 Å². The number of methoxy groups -OCH3 is 1. The second-order valence-electron chi connectivity index (χ2n) is 5.27. The topological polar surface area (TPSA) is 21.3 Å². The number of nitrogens with one attached hydrogen (secondary N) is 1. The lowest BCUT2D eigenvalue weighted by atomic mass is 9.87. The lowest BCUT2D eigenvalue weighted by Crippen LogP contribution is -2.33. The van der Waals surface area contributed by atoms with Gasteiger partial charge in [0, 0.05) is 13.2 Å². The molecule has 0 spiro atoms. The molecule has 0 aromatic rings. The Labute approximate surface area is 93.8 Å². The van der Waals surface area contributed by atoms with E-state index in [2.05, 4.69) is 5.32 Å². The highest BCUT2D eigenvalue weighted by atomic mass is 16.5. The monoisotopic (exact) mass is 211 g/mol. The summed E-state index contributed by atoms with van der Waals surface area (Å²) in [5.41, 5.74) is 0. The second-order valence-corrected chi connectivity index (χ2v) is 5.27. The van der Waals surface area contributed by atoms with E-state index in [0.29, 0.717) is 6.10 Å². The van der Waals surface area contributed by atoms with Crippen molar-refractivity contribution >= 4 is 0 Å². The molecule has 2 nitrogen and oxygen atoms in total. The molecule has 88 valence electrons. The van der Waals surface area contributed by atoms with E-state index in [0.717, 1.165) is 12.0 Å². The van der Waals surface area contributed by atoms with Crippen LogP contribution in [0.1, 0.15) is 51.4 Å².